The number of amides is 1. The van der Waals surface area contributed by atoms with E-state index in [2.05, 4.69) is 20.7 Å². The normalized spacial score (nSPS) is 15.5. The Morgan fingerprint density at radius 2 is 1.80 bits per heavy atom. The van der Waals surface area contributed by atoms with Crippen LogP contribution in [0.2, 0.25) is 0 Å². The van der Waals surface area contributed by atoms with E-state index in [9.17, 15) is 13.2 Å². The van der Waals surface area contributed by atoms with Crippen LogP contribution >= 0.6 is 0 Å². The molecule has 0 N–H and O–H groups in total. The molecule has 0 spiro atoms. The van der Waals surface area contributed by atoms with Crippen molar-refractivity contribution < 1.29 is 17.7 Å². The molecule has 1 amide bonds. The molecule has 4 rings (SSSR count). The number of nitrogens with zero attached hydrogens (tertiary/aromatic N) is 7. The summed E-state index contributed by atoms with van der Waals surface area (Å²) in [6.07, 6.45) is 1.74. The molecule has 30 heavy (non-hydrogen) atoms. The number of aromatic nitrogens is 5. The SMILES string of the molecule is Cc1noc(C)c1S(=O)(=O)N1CCN(C(=O)Cc2ccc(-n3cnnn3)cc2)CC1. The van der Waals surface area contributed by atoms with Gasteiger partial charge in [-0.05, 0) is 42.0 Å². The highest BCUT2D eigenvalue weighted by atomic mass is 32.2. The zero-order valence-electron chi connectivity index (χ0n) is 16.6. The van der Waals surface area contributed by atoms with Gasteiger partial charge in [-0.3, -0.25) is 4.79 Å². The number of carbonyl (C=O) groups excluding carboxylic acids is 1. The first kappa shape index (κ1) is 20.2. The maximum absolute atomic E-state index is 12.9. The second-order valence-electron chi connectivity index (χ2n) is 7.04. The molecule has 0 atom stereocenters. The van der Waals surface area contributed by atoms with E-state index in [1.807, 2.05) is 24.3 Å². The number of tetrazole rings is 1. The molecular weight excluding hydrogens is 410 g/mol. The maximum atomic E-state index is 12.9. The quantitative estimate of drug-likeness (QED) is 0.566. The number of hydrogen-bond donors (Lipinski definition) is 0. The number of hydrogen-bond acceptors (Lipinski definition) is 8. The van der Waals surface area contributed by atoms with Gasteiger partial charge < -0.3 is 9.42 Å². The first-order chi connectivity index (χ1) is 14.4. The van der Waals surface area contributed by atoms with Crippen LogP contribution in [0.3, 0.4) is 0 Å². The molecule has 1 aliphatic heterocycles. The molecule has 1 fully saturated rings. The van der Waals surface area contributed by atoms with Crippen LogP contribution in [0.4, 0.5) is 0 Å². The standard InChI is InChI=1S/C18H21N7O4S/c1-13-18(14(2)29-20-13)30(27,28)24-9-7-23(8-10-24)17(26)11-15-3-5-16(6-4-15)25-12-19-21-22-25/h3-6,12H,7-11H2,1-2H3. The zero-order chi connectivity index (χ0) is 21.3. The first-order valence-corrected chi connectivity index (χ1v) is 10.8. The van der Waals surface area contributed by atoms with Crippen molar-refractivity contribution in [2.24, 2.45) is 0 Å². The summed E-state index contributed by atoms with van der Waals surface area (Å²) in [5, 5.41) is 14.7. The summed E-state index contributed by atoms with van der Waals surface area (Å²) < 4.78 is 33.7. The van der Waals surface area contributed by atoms with Crippen LogP contribution in [-0.2, 0) is 21.2 Å². The molecule has 0 unspecified atom stereocenters. The summed E-state index contributed by atoms with van der Waals surface area (Å²) in [6.45, 7) is 4.33. The predicted octanol–water partition coefficient (Wildman–Crippen LogP) is 0.343. The van der Waals surface area contributed by atoms with Gasteiger partial charge >= 0.3 is 0 Å². The van der Waals surface area contributed by atoms with Crippen LogP contribution in [0.15, 0.2) is 40.0 Å². The molecule has 11 nitrogen and oxygen atoms in total. The van der Waals surface area contributed by atoms with E-state index in [1.165, 1.54) is 15.3 Å². The molecule has 2 aromatic heterocycles. The highest BCUT2D eigenvalue weighted by Crippen LogP contribution is 2.24. The Bertz CT molecular complexity index is 1110. The Hall–Kier alpha value is -3.12. The van der Waals surface area contributed by atoms with Gasteiger partial charge in [0.1, 0.15) is 16.9 Å². The summed E-state index contributed by atoms with van der Waals surface area (Å²) in [5.41, 5.74) is 2.01. The fourth-order valence-electron chi connectivity index (χ4n) is 3.48. The third-order valence-corrected chi connectivity index (χ3v) is 7.21. The summed E-state index contributed by atoms with van der Waals surface area (Å²) in [4.78, 5) is 14.5. The molecule has 158 valence electrons. The van der Waals surface area contributed by atoms with Crippen molar-refractivity contribution in [2.45, 2.75) is 25.2 Å². The molecule has 3 heterocycles. The van der Waals surface area contributed by atoms with Crippen molar-refractivity contribution in [3.8, 4) is 5.69 Å². The van der Waals surface area contributed by atoms with Gasteiger partial charge in [0.05, 0.1) is 12.1 Å². The molecule has 3 aromatic rings. The van der Waals surface area contributed by atoms with Crippen molar-refractivity contribution in [2.75, 3.05) is 26.2 Å². The van der Waals surface area contributed by atoms with Crippen molar-refractivity contribution in [3.05, 3.63) is 47.6 Å². The van der Waals surface area contributed by atoms with Crippen LogP contribution < -0.4 is 0 Å². The number of rotatable bonds is 5. The summed E-state index contributed by atoms with van der Waals surface area (Å²) >= 11 is 0. The average Bonchev–Trinajstić information content (AvgIpc) is 3.39. The molecular formula is C18H21N7O4S. The predicted molar refractivity (Wildman–Crippen MR) is 104 cm³/mol. The fraction of sp³-hybridized carbons (Fsp3) is 0.389. The van der Waals surface area contributed by atoms with Gasteiger partial charge in [-0.25, -0.2) is 13.1 Å². The second-order valence-corrected chi connectivity index (χ2v) is 8.91. The zero-order valence-corrected chi connectivity index (χ0v) is 17.4. The lowest BCUT2D eigenvalue weighted by molar-refractivity contribution is -0.131. The monoisotopic (exact) mass is 431 g/mol. The Kier molecular flexibility index (Phi) is 5.35. The van der Waals surface area contributed by atoms with Crippen molar-refractivity contribution >= 4 is 15.9 Å². The molecule has 0 saturated carbocycles. The van der Waals surface area contributed by atoms with Crippen LogP contribution in [-0.4, -0.2) is 75.1 Å². The third-order valence-electron chi connectivity index (χ3n) is 5.06. The largest absolute Gasteiger partial charge is 0.360 e. The third kappa shape index (κ3) is 3.83. The minimum absolute atomic E-state index is 0.0421. The van der Waals surface area contributed by atoms with E-state index in [0.717, 1.165) is 11.3 Å². The van der Waals surface area contributed by atoms with Crippen LogP contribution in [0.25, 0.3) is 5.69 Å². The Labute approximate surface area is 173 Å². The molecule has 0 bridgehead atoms. The van der Waals surface area contributed by atoms with Crippen LogP contribution in [0, 0.1) is 13.8 Å². The summed E-state index contributed by atoms with van der Waals surface area (Å²) in [6, 6.07) is 7.39. The summed E-state index contributed by atoms with van der Waals surface area (Å²) in [7, 11) is -3.69. The number of sulfonamides is 1. The van der Waals surface area contributed by atoms with Crippen LogP contribution in [0.5, 0.6) is 0 Å². The van der Waals surface area contributed by atoms with Gasteiger partial charge in [0.25, 0.3) is 0 Å². The van der Waals surface area contributed by atoms with Gasteiger partial charge in [0, 0.05) is 26.2 Å². The molecule has 12 heteroatoms. The van der Waals surface area contributed by atoms with E-state index in [4.69, 9.17) is 4.52 Å². The van der Waals surface area contributed by atoms with Crippen molar-refractivity contribution in [1.82, 2.24) is 34.6 Å². The minimum Gasteiger partial charge on any atom is -0.360 e. The molecule has 0 aliphatic carbocycles. The van der Waals surface area contributed by atoms with E-state index in [-0.39, 0.29) is 36.1 Å². The number of benzene rings is 1. The van der Waals surface area contributed by atoms with E-state index >= 15 is 0 Å². The maximum Gasteiger partial charge on any atom is 0.248 e. The molecule has 0 radical (unpaired) electrons. The Balaban J connectivity index is 1.36. The lowest BCUT2D eigenvalue weighted by Crippen LogP contribution is -2.51. The van der Waals surface area contributed by atoms with Gasteiger partial charge in [-0.15, -0.1) is 5.10 Å². The van der Waals surface area contributed by atoms with Gasteiger partial charge in [0.2, 0.25) is 15.9 Å². The highest BCUT2D eigenvalue weighted by molar-refractivity contribution is 7.89. The van der Waals surface area contributed by atoms with Crippen LogP contribution in [0.1, 0.15) is 17.0 Å². The summed E-state index contributed by atoms with van der Waals surface area (Å²) in [5.74, 6) is 0.232. The first-order valence-electron chi connectivity index (χ1n) is 9.39. The van der Waals surface area contributed by atoms with E-state index in [1.54, 1.807) is 18.7 Å². The topological polar surface area (TPSA) is 127 Å². The highest BCUT2D eigenvalue weighted by Gasteiger charge is 2.34. The minimum atomic E-state index is -3.69. The van der Waals surface area contributed by atoms with Gasteiger partial charge in [-0.1, -0.05) is 17.3 Å². The lowest BCUT2D eigenvalue weighted by Gasteiger charge is -2.34. The number of carbonyl (C=O) groups is 1. The van der Waals surface area contributed by atoms with Gasteiger partial charge in [-0.2, -0.15) is 4.31 Å². The average molecular weight is 431 g/mol. The number of piperazine rings is 1. The molecule has 1 saturated heterocycles. The Morgan fingerprint density at radius 3 is 2.37 bits per heavy atom. The smallest absolute Gasteiger partial charge is 0.248 e. The van der Waals surface area contributed by atoms with Crippen molar-refractivity contribution in [3.63, 3.8) is 0 Å². The fourth-order valence-corrected chi connectivity index (χ4v) is 5.20. The molecule has 1 aromatic carbocycles. The Morgan fingerprint density at radius 1 is 1.10 bits per heavy atom. The van der Waals surface area contributed by atoms with E-state index in [0.29, 0.717) is 18.8 Å². The van der Waals surface area contributed by atoms with E-state index < -0.39 is 10.0 Å². The lowest BCUT2D eigenvalue weighted by atomic mass is 10.1. The van der Waals surface area contributed by atoms with Gasteiger partial charge in [0.15, 0.2) is 5.76 Å². The second kappa shape index (κ2) is 7.95. The van der Waals surface area contributed by atoms with Crippen molar-refractivity contribution in [1.29, 1.82) is 0 Å². The molecule has 1 aliphatic rings. The number of aryl methyl sites for hydroxylation is 2.